The van der Waals surface area contributed by atoms with Gasteiger partial charge in [0.15, 0.2) is 0 Å². The Hall–Kier alpha value is -3.66. The summed E-state index contributed by atoms with van der Waals surface area (Å²) >= 11 is 0. The molecular weight excluding hydrogens is 514 g/mol. The number of nitrogens with two attached hydrogens (primary N) is 1. The van der Waals surface area contributed by atoms with Gasteiger partial charge >= 0.3 is 0 Å². The number of hydrogen-bond donors (Lipinski definition) is 2. The van der Waals surface area contributed by atoms with Crippen LogP contribution in [0.15, 0.2) is 56.9 Å². The normalized spacial score (nSPS) is 16.7. The maximum atomic E-state index is 13.5. The highest BCUT2D eigenvalue weighted by molar-refractivity contribution is 7.92. The Bertz CT molecular complexity index is 1540. The molecule has 1 saturated carbocycles. The van der Waals surface area contributed by atoms with Gasteiger partial charge in [0.05, 0.1) is 17.1 Å². The SMILES string of the molecule is CCCCC1=NC2(CCCC2)C(=O)N1Cc1ccc(-c2ccccc2S(=O)(=O)Nc2onc(C)c2C)c(N)c1. The summed E-state index contributed by atoms with van der Waals surface area (Å²) in [4.78, 5) is 20.4. The molecule has 1 amide bonds. The van der Waals surface area contributed by atoms with E-state index < -0.39 is 15.6 Å². The van der Waals surface area contributed by atoms with Crippen LogP contribution in [0, 0.1) is 13.8 Å². The summed E-state index contributed by atoms with van der Waals surface area (Å²) in [6.45, 7) is 6.01. The Labute approximate surface area is 229 Å². The Kier molecular flexibility index (Phi) is 7.24. The average molecular weight is 550 g/mol. The van der Waals surface area contributed by atoms with Crippen LogP contribution in [0.25, 0.3) is 11.1 Å². The van der Waals surface area contributed by atoms with Gasteiger partial charge in [-0.2, -0.15) is 0 Å². The molecule has 0 bridgehead atoms. The van der Waals surface area contributed by atoms with Crippen molar-refractivity contribution < 1.29 is 17.7 Å². The lowest BCUT2D eigenvalue weighted by atomic mass is 9.97. The third kappa shape index (κ3) is 5.05. The zero-order valence-electron chi connectivity index (χ0n) is 22.7. The zero-order valence-corrected chi connectivity index (χ0v) is 23.5. The molecule has 3 aromatic rings. The number of unbranched alkanes of at least 4 members (excludes halogenated alkanes) is 1. The Morgan fingerprint density at radius 3 is 2.51 bits per heavy atom. The van der Waals surface area contributed by atoms with Gasteiger partial charge in [0.1, 0.15) is 11.4 Å². The van der Waals surface area contributed by atoms with Crippen LogP contribution in [-0.4, -0.2) is 35.8 Å². The topological polar surface area (TPSA) is 131 Å². The first-order valence-electron chi connectivity index (χ1n) is 13.5. The summed E-state index contributed by atoms with van der Waals surface area (Å²) in [7, 11) is -3.99. The predicted molar refractivity (Wildman–Crippen MR) is 152 cm³/mol. The van der Waals surface area contributed by atoms with Gasteiger partial charge in [0.2, 0.25) is 5.88 Å². The van der Waals surface area contributed by atoms with E-state index in [2.05, 4.69) is 16.8 Å². The number of nitrogen functional groups attached to an aromatic ring is 1. The van der Waals surface area contributed by atoms with E-state index in [4.69, 9.17) is 15.2 Å². The van der Waals surface area contributed by atoms with E-state index in [-0.39, 0.29) is 16.7 Å². The number of anilines is 2. The molecule has 10 heteroatoms. The summed E-state index contributed by atoms with van der Waals surface area (Å²) in [5.41, 5.74) is 9.51. The number of amides is 1. The van der Waals surface area contributed by atoms with Crippen LogP contribution >= 0.6 is 0 Å². The molecule has 2 aliphatic rings. The van der Waals surface area contributed by atoms with Crippen LogP contribution in [0.2, 0.25) is 0 Å². The van der Waals surface area contributed by atoms with Crippen molar-refractivity contribution in [3.8, 4) is 11.1 Å². The molecule has 206 valence electrons. The lowest BCUT2D eigenvalue weighted by Crippen LogP contribution is -2.40. The van der Waals surface area contributed by atoms with Gasteiger partial charge in [-0.1, -0.05) is 61.7 Å². The van der Waals surface area contributed by atoms with Crippen LogP contribution < -0.4 is 10.5 Å². The van der Waals surface area contributed by atoms with E-state index >= 15 is 0 Å². The number of aryl methyl sites for hydroxylation is 1. The predicted octanol–water partition coefficient (Wildman–Crippen LogP) is 5.59. The van der Waals surface area contributed by atoms with Crippen LogP contribution in [0.5, 0.6) is 0 Å². The summed E-state index contributed by atoms with van der Waals surface area (Å²) < 4.78 is 34.4. The van der Waals surface area contributed by atoms with E-state index in [1.165, 1.54) is 6.07 Å². The molecule has 0 radical (unpaired) electrons. The second-order valence-corrected chi connectivity index (χ2v) is 12.2. The largest absolute Gasteiger partial charge is 0.398 e. The third-order valence-electron chi connectivity index (χ3n) is 7.79. The maximum Gasteiger partial charge on any atom is 0.264 e. The van der Waals surface area contributed by atoms with Gasteiger partial charge in [-0.05, 0) is 50.8 Å². The molecule has 2 aromatic carbocycles. The molecule has 5 rings (SSSR count). The smallest absolute Gasteiger partial charge is 0.264 e. The number of hydrogen-bond acceptors (Lipinski definition) is 7. The number of sulfonamides is 1. The summed E-state index contributed by atoms with van der Waals surface area (Å²) in [5.74, 6) is 1.04. The van der Waals surface area contributed by atoms with Crippen molar-refractivity contribution in [2.75, 3.05) is 10.5 Å². The van der Waals surface area contributed by atoms with Gasteiger partial charge in [-0.25, -0.2) is 13.1 Å². The van der Waals surface area contributed by atoms with E-state index in [0.717, 1.165) is 56.3 Å². The number of aliphatic imine (C=N–C) groups is 1. The lowest BCUT2D eigenvalue weighted by molar-refractivity contribution is -0.131. The van der Waals surface area contributed by atoms with Gasteiger partial charge in [0, 0.05) is 28.8 Å². The van der Waals surface area contributed by atoms with Crippen LogP contribution in [-0.2, 0) is 21.4 Å². The highest BCUT2D eigenvalue weighted by Crippen LogP contribution is 2.40. The average Bonchev–Trinajstić information content (AvgIpc) is 3.59. The number of nitrogens with one attached hydrogen (secondary N) is 1. The minimum absolute atomic E-state index is 0.0739. The molecule has 2 heterocycles. The monoisotopic (exact) mass is 549 g/mol. The van der Waals surface area contributed by atoms with E-state index in [0.29, 0.717) is 34.6 Å². The van der Waals surface area contributed by atoms with Gasteiger partial charge in [-0.15, -0.1) is 0 Å². The van der Waals surface area contributed by atoms with Crippen molar-refractivity contribution in [1.82, 2.24) is 10.1 Å². The second-order valence-electron chi connectivity index (χ2n) is 10.5. The first-order valence-corrected chi connectivity index (χ1v) is 15.0. The van der Waals surface area contributed by atoms with Gasteiger partial charge in [0.25, 0.3) is 15.9 Å². The number of carbonyl (C=O) groups excluding carboxylic acids is 1. The van der Waals surface area contributed by atoms with E-state index in [9.17, 15) is 13.2 Å². The quantitative estimate of drug-likeness (QED) is 0.335. The van der Waals surface area contributed by atoms with Crippen molar-refractivity contribution in [2.45, 2.75) is 82.7 Å². The van der Waals surface area contributed by atoms with Crippen LogP contribution in [0.1, 0.15) is 68.7 Å². The minimum Gasteiger partial charge on any atom is -0.398 e. The second kappa shape index (κ2) is 10.5. The van der Waals surface area contributed by atoms with Gasteiger partial charge < -0.3 is 10.3 Å². The molecule has 3 N–H and O–H groups in total. The number of benzene rings is 2. The molecule has 1 aliphatic heterocycles. The summed E-state index contributed by atoms with van der Waals surface area (Å²) in [5, 5.41) is 3.83. The number of aromatic nitrogens is 1. The molecule has 1 spiro atoms. The molecular formula is C29H35N5O4S. The minimum atomic E-state index is -3.99. The molecule has 1 aromatic heterocycles. The van der Waals surface area contributed by atoms with Crippen LogP contribution in [0.3, 0.4) is 0 Å². The Morgan fingerprint density at radius 2 is 1.85 bits per heavy atom. The number of nitrogens with zero attached hydrogens (tertiary/aromatic N) is 3. The first-order chi connectivity index (χ1) is 18.6. The fourth-order valence-electron chi connectivity index (χ4n) is 5.45. The van der Waals surface area contributed by atoms with Gasteiger partial charge in [-0.3, -0.25) is 14.7 Å². The van der Waals surface area contributed by atoms with Crippen molar-refractivity contribution in [3.63, 3.8) is 0 Å². The van der Waals surface area contributed by atoms with E-state index in [1.807, 2.05) is 23.1 Å². The van der Waals surface area contributed by atoms with Crippen molar-refractivity contribution in [1.29, 1.82) is 0 Å². The van der Waals surface area contributed by atoms with Crippen LogP contribution in [0.4, 0.5) is 11.6 Å². The maximum absolute atomic E-state index is 13.5. The fourth-order valence-corrected chi connectivity index (χ4v) is 6.72. The standard InChI is InChI=1S/C29H35N5O4S/c1-4-5-12-26-31-29(15-8-9-16-29)28(35)34(26)18-21-13-14-22(24(30)17-21)23-10-6-7-11-25(23)39(36,37)33-27-19(2)20(3)32-38-27/h6-7,10-11,13-14,17,33H,4-5,8-9,12,15-16,18,30H2,1-3H3. The number of rotatable bonds is 9. The molecule has 39 heavy (non-hydrogen) atoms. The summed E-state index contributed by atoms with van der Waals surface area (Å²) in [6.07, 6.45) is 6.46. The highest BCUT2D eigenvalue weighted by Gasteiger charge is 2.49. The summed E-state index contributed by atoms with van der Waals surface area (Å²) in [6, 6.07) is 12.2. The molecule has 1 aliphatic carbocycles. The Morgan fingerprint density at radius 1 is 1.10 bits per heavy atom. The molecule has 0 saturated heterocycles. The van der Waals surface area contributed by atoms with Crippen molar-refractivity contribution in [2.24, 2.45) is 4.99 Å². The zero-order chi connectivity index (χ0) is 27.8. The molecule has 1 fully saturated rings. The van der Waals surface area contributed by atoms with Crippen molar-refractivity contribution in [3.05, 3.63) is 59.3 Å². The highest BCUT2D eigenvalue weighted by atomic mass is 32.2. The molecule has 0 atom stereocenters. The van der Waals surface area contributed by atoms with Crippen molar-refractivity contribution >= 4 is 33.3 Å². The molecule has 9 nitrogen and oxygen atoms in total. The fraction of sp³-hybridized carbons (Fsp3) is 0.414. The number of amidine groups is 1. The first kappa shape index (κ1) is 26.9. The lowest BCUT2D eigenvalue weighted by Gasteiger charge is -2.23. The third-order valence-corrected chi connectivity index (χ3v) is 9.18. The molecule has 0 unspecified atom stereocenters. The number of carbonyl (C=O) groups is 1. The van der Waals surface area contributed by atoms with E-state index in [1.54, 1.807) is 32.0 Å². The Balaban J connectivity index is 1.42.